The van der Waals surface area contributed by atoms with Gasteiger partial charge in [0.05, 0.1) is 6.54 Å². The Kier molecular flexibility index (Phi) is 5.43. The maximum absolute atomic E-state index is 12.7. The second-order valence-corrected chi connectivity index (χ2v) is 10.1. The lowest BCUT2D eigenvalue weighted by Crippen LogP contribution is -2.34. The molecule has 29 heavy (non-hydrogen) atoms. The van der Waals surface area contributed by atoms with Crippen LogP contribution in [0.5, 0.6) is 0 Å². The molecule has 1 aromatic heterocycles. The topological polar surface area (TPSA) is 66.5 Å². The molecular formula is C22H22N2O3S2. The molecule has 0 saturated carbocycles. The molecule has 0 unspecified atom stereocenters. The van der Waals surface area contributed by atoms with Crippen molar-refractivity contribution in [2.45, 2.75) is 36.9 Å². The van der Waals surface area contributed by atoms with Gasteiger partial charge < -0.3 is 4.90 Å². The number of carbonyl (C=O) groups excluding carboxylic acids is 1. The largest absolute Gasteiger partial charge is 0.308 e. The van der Waals surface area contributed by atoms with Crippen LogP contribution in [0.15, 0.2) is 64.9 Å². The minimum Gasteiger partial charge on any atom is -0.308 e. The first-order valence-corrected chi connectivity index (χ1v) is 11.8. The van der Waals surface area contributed by atoms with Crippen molar-refractivity contribution in [1.82, 2.24) is 0 Å². The van der Waals surface area contributed by atoms with Gasteiger partial charge in [0.25, 0.3) is 10.0 Å². The zero-order chi connectivity index (χ0) is 20.4. The maximum Gasteiger partial charge on any atom is 0.271 e. The molecule has 4 rings (SSSR count). The molecule has 0 spiro atoms. The Morgan fingerprint density at radius 1 is 1.03 bits per heavy atom. The van der Waals surface area contributed by atoms with Gasteiger partial charge in [0.1, 0.15) is 4.21 Å². The van der Waals surface area contributed by atoms with E-state index >= 15 is 0 Å². The minimum absolute atomic E-state index is 0.0837. The second-order valence-electron chi connectivity index (χ2n) is 6.99. The summed E-state index contributed by atoms with van der Waals surface area (Å²) in [6.07, 6.45) is 1.83. The van der Waals surface area contributed by atoms with Crippen molar-refractivity contribution < 1.29 is 13.2 Å². The van der Waals surface area contributed by atoms with E-state index in [-0.39, 0.29) is 5.91 Å². The normalized spacial score (nSPS) is 14.0. The van der Waals surface area contributed by atoms with Gasteiger partial charge in [-0.2, -0.15) is 0 Å². The van der Waals surface area contributed by atoms with Gasteiger partial charge in [-0.05, 0) is 54.3 Å². The molecule has 5 nitrogen and oxygen atoms in total. The second kappa shape index (κ2) is 8.00. The Hall–Kier alpha value is -2.64. The molecule has 0 radical (unpaired) electrons. The lowest BCUT2D eigenvalue weighted by atomic mass is 10.00. The Bertz CT molecular complexity index is 1140. The number of aryl methyl sites for hydroxylation is 2. The molecule has 2 aromatic carbocycles. The first-order valence-electron chi connectivity index (χ1n) is 9.55. The Morgan fingerprint density at radius 3 is 2.55 bits per heavy atom. The third-order valence-electron chi connectivity index (χ3n) is 4.97. The number of hydrogen-bond donors (Lipinski definition) is 1. The predicted molar refractivity (Wildman–Crippen MR) is 117 cm³/mol. The van der Waals surface area contributed by atoms with Gasteiger partial charge in [-0.1, -0.05) is 37.3 Å². The van der Waals surface area contributed by atoms with Gasteiger partial charge in [-0.3, -0.25) is 9.52 Å². The highest BCUT2D eigenvalue weighted by Gasteiger charge is 2.25. The first-order chi connectivity index (χ1) is 14.0. The Labute approximate surface area is 175 Å². The number of sulfonamides is 1. The van der Waals surface area contributed by atoms with Crippen LogP contribution in [0.1, 0.15) is 29.3 Å². The summed E-state index contributed by atoms with van der Waals surface area (Å²) in [5, 5.41) is 0. The summed E-state index contributed by atoms with van der Waals surface area (Å²) < 4.78 is 28.4. The van der Waals surface area contributed by atoms with Crippen LogP contribution >= 0.6 is 11.3 Å². The van der Waals surface area contributed by atoms with Crippen molar-refractivity contribution in [1.29, 1.82) is 0 Å². The van der Waals surface area contributed by atoms with E-state index in [4.69, 9.17) is 0 Å². The predicted octanol–water partition coefficient (Wildman–Crippen LogP) is 4.59. The molecule has 0 atom stereocenters. The summed E-state index contributed by atoms with van der Waals surface area (Å²) in [6.45, 7) is 2.51. The van der Waals surface area contributed by atoms with Gasteiger partial charge >= 0.3 is 0 Å². The van der Waals surface area contributed by atoms with E-state index in [9.17, 15) is 13.2 Å². The summed E-state index contributed by atoms with van der Waals surface area (Å²) in [5.41, 5.74) is 3.39. The van der Waals surface area contributed by atoms with E-state index in [1.54, 1.807) is 17.0 Å². The monoisotopic (exact) mass is 426 g/mol. The van der Waals surface area contributed by atoms with Crippen molar-refractivity contribution in [3.63, 3.8) is 0 Å². The maximum atomic E-state index is 12.7. The summed E-state index contributed by atoms with van der Waals surface area (Å²) in [7, 11) is -3.61. The van der Waals surface area contributed by atoms with Gasteiger partial charge in [-0.15, -0.1) is 11.3 Å². The summed E-state index contributed by atoms with van der Waals surface area (Å²) in [5.74, 6) is 0.0837. The zero-order valence-corrected chi connectivity index (χ0v) is 17.7. The standard InChI is InChI=1S/C22H22N2O3S2/c1-2-19-10-13-22(28-19)29(26,27)23-18-9-11-20-17(14-18)8-12-21(25)24(20)15-16-6-4-3-5-7-16/h3-7,9-11,13-14,23H,2,8,12,15H2,1H3. The van der Waals surface area contributed by atoms with Crippen LogP contribution in [0.25, 0.3) is 0 Å². The Balaban J connectivity index is 1.59. The minimum atomic E-state index is -3.61. The number of amides is 1. The molecule has 1 aliphatic heterocycles. The molecule has 150 valence electrons. The van der Waals surface area contributed by atoms with Gasteiger partial charge in [0.2, 0.25) is 5.91 Å². The number of thiophene rings is 1. The van der Waals surface area contributed by atoms with Crippen molar-refractivity contribution in [3.8, 4) is 0 Å². The van der Waals surface area contributed by atoms with E-state index in [0.29, 0.717) is 29.3 Å². The molecule has 3 aromatic rings. The number of hydrogen-bond acceptors (Lipinski definition) is 4. The SMILES string of the molecule is CCc1ccc(S(=O)(=O)Nc2ccc3c(c2)CCC(=O)N3Cc2ccccc2)s1. The number of nitrogens with one attached hydrogen (secondary N) is 1. The number of benzene rings is 2. The molecule has 1 aliphatic rings. The van der Waals surface area contributed by atoms with E-state index in [1.165, 1.54) is 11.3 Å². The van der Waals surface area contributed by atoms with Gasteiger partial charge in [-0.25, -0.2) is 8.42 Å². The van der Waals surface area contributed by atoms with E-state index < -0.39 is 10.0 Å². The first kappa shape index (κ1) is 19.7. The van der Waals surface area contributed by atoms with Crippen LogP contribution in [0.4, 0.5) is 11.4 Å². The fourth-order valence-corrected chi connectivity index (χ4v) is 5.81. The summed E-state index contributed by atoms with van der Waals surface area (Å²) in [4.78, 5) is 15.3. The van der Waals surface area contributed by atoms with Crippen molar-refractivity contribution in [2.24, 2.45) is 0 Å². The number of carbonyl (C=O) groups is 1. The third-order valence-corrected chi connectivity index (χ3v) is 8.07. The van der Waals surface area contributed by atoms with Crippen LogP contribution in [-0.2, 0) is 34.2 Å². The number of rotatable bonds is 6. The van der Waals surface area contributed by atoms with Crippen LogP contribution in [0, 0.1) is 0 Å². The molecule has 7 heteroatoms. The molecule has 0 aliphatic carbocycles. The van der Waals surface area contributed by atoms with Crippen LogP contribution in [0.3, 0.4) is 0 Å². The highest BCUT2D eigenvalue weighted by molar-refractivity contribution is 7.94. The fourth-order valence-electron chi connectivity index (χ4n) is 3.46. The van der Waals surface area contributed by atoms with Gasteiger partial charge in [0.15, 0.2) is 0 Å². The van der Waals surface area contributed by atoms with Gasteiger partial charge in [0, 0.05) is 22.7 Å². The fraction of sp³-hybridized carbons (Fsp3) is 0.227. The van der Waals surface area contributed by atoms with Crippen LogP contribution < -0.4 is 9.62 Å². The van der Waals surface area contributed by atoms with Crippen molar-refractivity contribution >= 4 is 38.6 Å². The number of nitrogens with zero attached hydrogens (tertiary/aromatic N) is 1. The molecule has 1 amide bonds. The van der Waals surface area contributed by atoms with Crippen LogP contribution in [0.2, 0.25) is 0 Å². The lowest BCUT2D eigenvalue weighted by molar-refractivity contribution is -0.119. The van der Waals surface area contributed by atoms with E-state index in [2.05, 4.69) is 4.72 Å². The smallest absolute Gasteiger partial charge is 0.271 e. The molecule has 0 fully saturated rings. The van der Waals surface area contributed by atoms with Crippen LogP contribution in [-0.4, -0.2) is 14.3 Å². The molecular weight excluding hydrogens is 404 g/mol. The molecule has 1 N–H and O–H groups in total. The van der Waals surface area contributed by atoms with Crippen molar-refractivity contribution in [3.05, 3.63) is 76.7 Å². The molecule has 2 heterocycles. The number of fused-ring (bicyclic) bond motifs is 1. The highest BCUT2D eigenvalue weighted by atomic mass is 32.2. The highest BCUT2D eigenvalue weighted by Crippen LogP contribution is 2.33. The Morgan fingerprint density at radius 2 is 1.83 bits per heavy atom. The molecule has 0 bridgehead atoms. The van der Waals surface area contributed by atoms with Crippen molar-refractivity contribution in [2.75, 3.05) is 9.62 Å². The summed E-state index contributed by atoms with van der Waals surface area (Å²) >= 11 is 1.29. The zero-order valence-electron chi connectivity index (χ0n) is 16.1. The number of anilines is 2. The van der Waals surface area contributed by atoms with E-state index in [1.807, 2.05) is 55.5 Å². The average Bonchev–Trinajstić information content (AvgIpc) is 3.21. The summed E-state index contributed by atoms with van der Waals surface area (Å²) in [6, 6.07) is 18.7. The molecule has 0 saturated heterocycles. The average molecular weight is 427 g/mol. The lowest BCUT2D eigenvalue weighted by Gasteiger charge is -2.30. The van der Waals surface area contributed by atoms with E-state index in [0.717, 1.165) is 28.1 Å². The quantitative estimate of drug-likeness (QED) is 0.627. The third kappa shape index (κ3) is 4.21.